The number of esters is 1. The van der Waals surface area contributed by atoms with Crippen molar-refractivity contribution in [1.82, 2.24) is 9.80 Å². The van der Waals surface area contributed by atoms with E-state index in [1.54, 1.807) is 18.2 Å². The molecule has 2 atom stereocenters. The van der Waals surface area contributed by atoms with Gasteiger partial charge in [-0.15, -0.1) is 0 Å². The fraction of sp³-hybridized carbons (Fsp3) is 0.600. The van der Waals surface area contributed by atoms with Crippen LogP contribution < -0.4 is 0 Å². The molecule has 1 aromatic carbocycles. The Bertz CT molecular complexity index is 827. The second-order valence-corrected chi connectivity index (χ2v) is 9.45. The minimum Gasteiger partial charge on any atom is -0.466 e. The molecule has 0 amide bonds. The van der Waals surface area contributed by atoms with E-state index in [1.165, 1.54) is 11.6 Å². The van der Waals surface area contributed by atoms with Crippen LogP contribution in [0.4, 0.5) is 4.39 Å². The fourth-order valence-corrected chi connectivity index (χ4v) is 4.52. The fourth-order valence-electron chi connectivity index (χ4n) is 4.22. The lowest BCUT2D eigenvalue weighted by molar-refractivity contribution is -0.143. The summed E-state index contributed by atoms with van der Waals surface area (Å²) in [6.07, 6.45) is 5.99. The summed E-state index contributed by atoms with van der Waals surface area (Å²) in [4.78, 5) is 28.9. The molecule has 1 saturated carbocycles. The number of carbonyl (C=O) groups is 2. The Kier molecular flexibility index (Phi) is 9.32. The number of ether oxygens (including phenoxy) is 1. The average Bonchev–Trinajstić information content (AvgIpc) is 3.61. The van der Waals surface area contributed by atoms with Crippen LogP contribution in [0.15, 0.2) is 35.9 Å². The van der Waals surface area contributed by atoms with Gasteiger partial charge in [-0.3, -0.25) is 14.5 Å². The summed E-state index contributed by atoms with van der Waals surface area (Å²) in [5, 5.41) is 0.136. The Morgan fingerprint density at radius 1 is 1.31 bits per heavy atom. The van der Waals surface area contributed by atoms with Crippen LogP contribution in [-0.2, 0) is 14.3 Å². The van der Waals surface area contributed by atoms with Gasteiger partial charge in [0, 0.05) is 42.8 Å². The van der Waals surface area contributed by atoms with Crippen LogP contribution in [0.1, 0.15) is 50.6 Å². The van der Waals surface area contributed by atoms with Crippen molar-refractivity contribution in [3.05, 3.63) is 47.3 Å². The molecule has 2 aliphatic rings. The van der Waals surface area contributed by atoms with Crippen LogP contribution in [0.5, 0.6) is 0 Å². The van der Waals surface area contributed by atoms with Crippen LogP contribution >= 0.6 is 12.6 Å². The van der Waals surface area contributed by atoms with Crippen LogP contribution in [0.2, 0.25) is 0 Å². The maximum atomic E-state index is 14.6. The summed E-state index contributed by atoms with van der Waals surface area (Å²) in [6.45, 7) is 5.09. The van der Waals surface area contributed by atoms with Crippen molar-refractivity contribution in [3.8, 4) is 0 Å². The van der Waals surface area contributed by atoms with Crippen LogP contribution in [0, 0.1) is 11.7 Å². The predicted octanol–water partition coefficient (Wildman–Crippen LogP) is 4.05. The van der Waals surface area contributed by atoms with Gasteiger partial charge in [0.1, 0.15) is 5.82 Å². The first-order valence-electron chi connectivity index (χ1n) is 11.6. The van der Waals surface area contributed by atoms with Gasteiger partial charge in [-0.05, 0) is 57.8 Å². The molecule has 1 aliphatic heterocycles. The van der Waals surface area contributed by atoms with Crippen molar-refractivity contribution in [2.75, 3.05) is 39.8 Å². The summed E-state index contributed by atoms with van der Waals surface area (Å²) in [7, 11) is 2.02. The van der Waals surface area contributed by atoms with Gasteiger partial charge in [-0.2, -0.15) is 12.6 Å². The van der Waals surface area contributed by atoms with Gasteiger partial charge >= 0.3 is 5.97 Å². The zero-order valence-electron chi connectivity index (χ0n) is 19.1. The number of carbonyl (C=O) groups excluding carboxylic acids is 2. The molecular weight excluding hydrogens is 427 g/mol. The highest BCUT2D eigenvalue weighted by Crippen LogP contribution is 2.39. The van der Waals surface area contributed by atoms with Crippen molar-refractivity contribution < 1.29 is 18.7 Å². The Labute approximate surface area is 196 Å². The summed E-state index contributed by atoms with van der Waals surface area (Å²) < 4.78 is 19.6. The van der Waals surface area contributed by atoms with E-state index in [9.17, 15) is 14.0 Å². The first-order chi connectivity index (χ1) is 15.4. The van der Waals surface area contributed by atoms with Gasteiger partial charge in [0.25, 0.3) is 0 Å². The number of rotatable bonds is 11. The third-order valence-electron chi connectivity index (χ3n) is 6.21. The van der Waals surface area contributed by atoms with Crippen molar-refractivity contribution in [3.63, 3.8) is 0 Å². The highest BCUT2D eigenvalue weighted by molar-refractivity contribution is 7.81. The molecular formula is C25H35FN2O3S. The minimum atomic E-state index is -0.532. The molecule has 0 radical (unpaired) electrons. The molecule has 1 heterocycles. The molecule has 3 rings (SSSR count). The number of thiol groups is 1. The molecule has 0 N–H and O–H groups in total. The maximum Gasteiger partial charge on any atom is 0.305 e. The number of benzene rings is 1. The third-order valence-corrected chi connectivity index (χ3v) is 6.80. The quantitative estimate of drug-likeness (QED) is 0.305. The number of likely N-dealkylation sites (tertiary alicyclic amines) is 1. The summed E-state index contributed by atoms with van der Waals surface area (Å²) in [6, 6.07) is 6.12. The molecule has 5 nitrogen and oxygen atoms in total. The van der Waals surface area contributed by atoms with Gasteiger partial charge in [0.15, 0.2) is 5.78 Å². The van der Waals surface area contributed by atoms with Crippen molar-refractivity contribution in [2.45, 2.75) is 50.3 Å². The number of piperidine rings is 1. The monoisotopic (exact) mass is 462 g/mol. The lowest BCUT2D eigenvalue weighted by atomic mass is 9.93. The number of ketones is 1. The number of hydrogen-bond acceptors (Lipinski definition) is 6. The van der Waals surface area contributed by atoms with E-state index < -0.39 is 6.04 Å². The zero-order valence-corrected chi connectivity index (χ0v) is 20.0. The van der Waals surface area contributed by atoms with Crippen LogP contribution in [-0.4, -0.2) is 66.6 Å². The Balaban J connectivity index is 1.64. The molecule has 1 aromatic rings. The maximum absolute atomic E-state index is 14.6. The molecule has 7 heteroatoms. The largest absolute Gasteiger partial charge is 0.466 e. The van der Waals surface area contributed by atoms with E-state index in [0.717, 1.165) is 45.3 Å². The Hall–Kier alpha value is -1.70. The molecule has 0 spiro atoms. The van der Waals surface area contributed by atoms with Gasteiger partial charge in [0.05, 0.1) is 12.6 Å². The normalized spacial score (nSPS) is 21.7. The smallest absolute Gasteiger partial charge is 0.305 e. The minimum absolute atomic E-state index is 0.0614. The molecule has 0 bridgehead atoms. The van der Waals surface area contributed by atoms with Crippen molar-refractivity contribution in [1.29, 1.82) is 0 Å². The van der Waals surface area contributed by atoms with Crippen molar-refractivity contribution in [2.24, 2.45) is 5.92 Å². The topological polar surface area (TPSA) is 49.9 Å². The summed E-state index contributed by atoms with van der Waals surface area (Å²) >= 11 is 4.77. The molecule has 1 aliphatic carbocycles. The summed E-state index contributed by atoms with van der Waals surface area (Å²) in [5.74, 6) is -0.266. The second-order valence-electron chi connectivity index (χ2n) is 8.83. The number of nitrogens with zero attached hydrogens (tertiary/aromatic N) is 2. The number of hydrogen-bond donors (Lipinski definition) is 1. The highest BCUT2D eigenvalue weighted by atomic mass is 32.1. The van der Waals surface area contributed by atoms with Crippen LogP contribution in [0.3, 0.4) is 0 Å². The standard InChI is InChI=1S/C25H35FN2O3S/c1-3-31-23(29)9-6-14-27(2)15-12-19-17-28(16-13-22(19)32)24(25(30)18-10-11-18)20-7-4-5-8-21(20)26/h4-5,7-8,12,18,22,24,32H,3,6,9-11,13-17H2,1-2H3. The van der Waals surface area contributed by atoms with Gasteiger partial charge in [0.2, 0.25) is 0 Å². The molecule has 2 unspecified atom stereocenters. The van der Waals surface area contributed by atoms with Gasteiger partial charge in [-0.25, -0.2) is 4.39 Å². The first kappa shape index (κ1) is 24.9. The molecule has 32 heavy (non-hydrogen) atoms. The van der Waals surface area contributed by atoms with E-state index in [-0.39, 0.29) is 28.7 Å². The Morgan fingerprint density at radius 3 is 2.75 bits per heavy atom. The van der Waals surface area contributed by atoms with E-state index in [2.05, 4.69) is 15.9 Å². The lowest BCUT2D eigenvalue weighted by Gasteiger charge is -2.38. The predicted molar refractivity (Wildman–Crippen MR) is 127 cm³/mol. The van der Waals surface area contributed by atoms with E-state index in [0.29, 0.717) is 25.1 Å². The van der Waals surface area contributed by atoms with Gasteiger partial charge in [-0.1, -0.05) is 24.3 Å². The number of Topliss-reactive ketones (excluding diaryl/α,β-unsaturated/α-hetero) is 1. The van der Waals surface area contributed by atoms with Crippen LogP contribution in [0.25, 0.3) is 0 Å². The molecule has 176 valence electrons. The summed E-state index contributed by atoms with van der Waals surface area (Å²) in [5.41, 5.74) is 1.65. The third kappa shape index (κ3) is 6.90. The number of halogens is 1. The highest BCUT2D eigenvalue weighted by Gasteiger charge is 2.40. The lowest BCUT2D eigenvalue weighted by Crippen LogP contribution is -2.43. The van der Waals surface area contributed by atoms with E-state index in [4.69, 9.17) is 17.4 Å². The Morgan fingerprint density at radius 2 is 2.06 bits per heavy atom. The first-order valence-corrected chi connectivity index (χ1v) is 12.2. The molecule has 2 fully saturated rings. The van der Waals surface area contributed by atoms with Gasteiger partial charge < -0.3 is 9.64 Å². The zero-order chi connectivity index (χ0) is 23.1. The molecule has 1 saturated heterocycles. The number of likely N-dealkylation sites (N-methyl/N-ethyl adjacent to an activating group) is 1. The van der Waals surface area contributed by atoms with E-state index in [1.807, 2.05) is 14.0 Å². The average molecular weight is 463 g/mol. The SMILES string of the molecule is CCOC(=O)CCCN(C)CC=C1CN(C(C(=O)C2CC2)c2ccccc2F)CCC1S. The molecule has 0 aromatic heterocycles. The second kappa shape index (κ2) is 12.0. The van der Waals surface area contributed by atoms with Crippen molar-refractivity contribution >= 4 is 24.4 Å². The van der Waals surface area contributed by atoms with E-state index >= 15 is 0 Å².